The van der Waals surface area contributed by atoms with Crippen molar-refractivity contribution in [2.75, 3.05) is 6.54 Å². The van der Waals surface area contributed by atoms with E-state index in [4.69, 9.17) is 5.73 Å². The summed E-state index contributed by atoms with van der Waals surface area (Å²) in [6.45, 7) is 6.57. The maximum atomic E-state index is 11.4. The van der Waals surface area contributed by atoms with E-state index in [2.05, 4.69) is 10.3 Å². The van der Waals surface area contributed by atoms with E-state index in [0.717, 1.165) is 0 Å². The fourth-order valence-electron chi connectivity index (χ4n) is 1.19. The van der Waals surface area contributed by atoms with Gasteiger partial charge in [-0.1, -0.05) is 20.8 Å². The van der Waals surface area contributed by atoms with Crippen molar-refractivity contribution in [2.24, 2.45) is 22.1 Å². The number of hydrogen-bond donors (Lipinski definition) is 2. The highest BCUT2D eigenvalue weighted by Gasteiger charge is 2.33. The molecule has 0 aromatic heterocycles. The van der Waals surface area contributed by atoms with Gasteiger partial charge in [-0.05, 0) is 5.41 Å². The second-order valence-electron chi connectivity index (χ2n) is 4.13. The van der Waals surface area contributed by atoms with Crippen LogP contribution in [0.2, 0.25) is 0 Å². The molecule has 12 heavy (non-hydrogen) atoms. The Morgan fingerprint density at radius 3 is 2.58 bits per heavy atom. The fourth-order valence-corrected chi connectivity index (χ4v) is 1.19. The number of hydrogen-bond acceptors (Lipinski definition) is 3. The first-order chi connectivity index (χ1) is 5.41. The summed E-state index contributed by atoms with van der Waals surface area (Å²) in [6, 6.07) is 0. The van der Waals surface area contributed by atoms with Crippen molar-refractivity contribution in [3.8, 4) is 0 Å². The van der Waals surface area contributed by atoms with E-state index >= 15 is 0 Å². The van der Waals surface area contributed by atoms with Crippen LogP contribution in [0.1, 0.15) is 20.8 Å². The Hall–Kier alpha value is -1.06. The van der Waals surface area contributed by atoms with E-state index in [1.807, 2.05) is 20.8 Å². The van der Waals surface area contributed by atoms with Crippen LogP contribution in [0.5, 0.6) is 0 Å². The van der Waals surface area contributed by atoms with Crippen molar-refractivity contribution in [1.82, 2.24) is 5.32 Å². The van der Waals surface area contributed by atoms with Crippen LogP contribution in [0, 0.1) is 11.3 Å². The molecule has 1 aliphatic heterocycles. The third-order valence-electron chi connectivity index (χ3n) is 2.06. The number of amides is 1. The minimum absolute atomic E-state index is 0.0185. The molecule has 1 unspecified atom stereocenters. The zero-order valence-electron chi connectivity index (χ0n) is 7.72. The monoisotopic (exact) mass is 169 g/mol. The Balaban J connectivity index is 2.77. The summed E-state index contributed by atoms with van der Waals surface area (Å²) in [5, 5.41) is 2.52. The third kappa shape index (κ3) is 1.75. The molecule has 0 saturated heterocycles. The van der Waals surface area contributed by atoms with Crippen LogP contribution in [-0.2, 0) is 4.79 Å². The van der Waals surface area contributed by atoms with Crippen molar-refractivity contribution >= 4 is 11.9 Å². The second-order valence-corrected chi connectivity index (χ2v) is 4.13. The van der Waals surface area contributed by atoms with Crippen LogP contribution >= 0.6 is 0 Å². The van der Waals surface area contributed by atoms with E-state index in [-0.39, 0.29) is 23.2 Å². The normalized spacial score (nSPS) is 24.8. The summed E-state index contributed by atoms with van der Waals surface area (Å²) in [6.07, 6.45) is 0. The third-order valence-corrected chi connectivity index (χ3v) is 2.06. The number of guanidine groups is 1. The highest BCUT2D eigenvalue weighted by atomic mass is 16.2. The van der Waals surface area contributed by atoms with Crippen molar-refractivity contribution < 1.29 is 4.79 Å². The molecule has 0 bridgehead atoms. The van der Waals surface area contributed by atoms with Crippen molar-refractivity contribution in [3.05, 3.63) is 0 Å². The maximum Gasteiger partial charge on any atom is 0.232 e. The Morgan fingerprint density at radius 1 is 1.58 bits per heavy atom. The van der Waals surface area contributed by atoms with E-state index in [1.54, 1.807) is 0 Å². The van der Waals surface area contributed by atoms with E-state index in [1.165, 1.54) is 0 Å². The summed E-state index contributed by atoms with van der Waals surface area (Å²) < 4.78 is 0. The van der Waals surface area contributed by atoms with Gasteiger partial charge in [0.05, 0.1) is 12.5 Å². The molecular formula is C8H15N3O. The largest absolute Gasteiger partial charge is 0.370 e. The molecule has 1 rings (SSSR count). The second kappa shape index (κ2) is 2.77. The highest BCUT2D eigenvalue weighted by molar-refractivity contribution is 5.99. The van der Waals surface area contributed by atoms with Crippen LogP contribution in [0.3, 0.4) is 0 Å². The van der Waals surface area contributed by atoms with E-state index in [0.29, 0.717) is 6.54 Å². The van der Waals surface area contributed by atoms with Gasteiger partial charge in [-0.3, -0.25) is 15.1 Å². The summed E-state index contributed by atoms with van der Waals surface area (Å²) in [5.74, 6) is 0.153. The fraction of sp³-hybridized carbons (Fsp3) is 0.750. The maximum absolute atomic E-state index is 11.4. The standard InChI is InChI=1S/C8H15N3O/c1-8(2,3)5-4-10-7(9)11-6(5)12/h5H,4H2,1-3H3,(H3,9,10,11,12). The van der Waals surface area contributed by atoms with Gasteiger partial charge in [-0.2, -0.15) is 0 Å². The lowest BCUT2D eigenvalue weighted by atomic mass is 9.80. The molecule has 1 heterocycles. The lowest BCUT2D eigenvalue weighted by molar-refractivity contribution is -0.126. The number of nitrogens with one attached hydrogen (secondary N) is 1. The van der Waals surface area contributed by atoms with Gasteiger partial charge in [0, 0.05) is 0 Å². The predicted molar refractivity (Wildman–Crippen MR) is 47.6 cm³/mol. The van der Waals surface area contributed by atoms with Crippen LogP contribution in [0.4, 0.5) is 0 Å². The Kier molecular flexibility index (Phi) is 2.08. The summed E-state index contributed by atoms with van der Waals surface area (Å²) in [7, 11) is 0. The number of nitrogens with two attached hydrogens (primary N) is 1. The van der Waals surface area contributed by atoms with Gasteiger partial charge in [0.2, 0.25) is 5.91 Å². The van der Waals surface area contributed by atoms with Crippen molar-refractivity contribution in [2.45, 2.75) is 20.8 Å². The SMILES string of the molecule is CC(C)(C)C1CN=C(N)NC1=O. The molecular weight excluding hydrogens is 154 g/mol. The first-order valence-electron chi connectivity index (χ1n) is 4.02. The molecule has 4 heteroatoms. The highest BCUT2D eigenvalue weighted by Crippen LogP contribution is 2.27. The Labute approximate surface area is 72.2 Å². The molecule has 0 aromatic rings. The molecule has 1 aliphatic rings. The van der Waals surface area contributed by atoms with Gasteiger partial charge >= 0.3 is 0 Å². The van der Waals surface area contributed by atoms with Gasteiger partial charge in [-0.15, -0.1) is 0 Å². The number of rotatable bonds is 0. The van der Waals surface area contributed by atoms with Crippen molar-refractivity contribution in [1.29, 1.82) is 0 Å². The van der Waals surface area contributed by atoms with Gasteiger partial charge in [-0.25, -0.2) is 0 Å². The molecule has 68 valence electrons. The molecule has 4 nitrogen and oxygen atoms in total. The molecule has 3 N–H and O–H groups in total. The van der Waals surface area contributed by atoms with Gasteiger partial charge < -0.3 is 5.73 Å². The van der Waals surface area contributed by atoms with Crippen LogP contribution in [-0.4, -0.2) is 18.4 Å². The average Bonchev–Trinajstić information content (AvgIpc) is 1.83. The summed E-state index contributed by atoms with van der Waals surface area (Å²) in [4.78, 5) is 15.4. The number of aliphatic imine (C=N–C) groups is 1. The molecule has 0 fully saturated rings. The first-order valence-corrected chi connectivity index (χ1v) is 4.02. The van der Waals surface area contributed by atoms with Gasteiger partial charge in [0.15, 0.2) is 5.96 Å². The quantitative estimate of drug-likeness (QED) is 0.539. The van der Waals surface area contributed by atoms with Crippen LogP contribution in [0.15, 0.2) is 4.99 Å². The average molecular weight is 169 g/mol. The molecule has 1 amide bonds. The van der Waals surface area contributed by atoms with Crippen LogP contribution < -0.4 is 11.1 Å². The topological polar surface area (TPSA) is 67.5 Å². The minimum Gasteiger partial charge on any atom is -0.370 e. The van der Waals surface area contributed by atoms with Crippen LogP contribution in [0.25, 0.3) is 0 Å². The summed E-state index contributed by atoms with van der Waals surface area (Å²) in [5.41, 5.74) is 5.30. The van der Waals surface area contributed by atoms with E-state index in [9.17, 15) is 4.79 Å². The van der Waals surface area contributed by atoms with Crippen molar-refractivity contribution in [3.63, 3.8) is 0 Å². The predicted octanol–water partition coefficient (Wildman–Crippen LogP) is 0.0932. The first kappa shape index (κ1) is 9.03. The van der Waals surface area contributed by atoms with E-state index < -0.39 is 0 Å². The Morgan fingerprint density at radius 2 is 2.17 bits per heavy atom. The van der Waals surface area contributed by atoms with Gasteiger partial charge in [0.1, 0.15) is 0 Å². The molecule has 0 radical (unpaired) electrons. The Bertz CT molecular complexity index is 227. The smallest absolute Gasteiger partial charge is 0.232 e. The lowest BCUT2D eigenvalue weighted by Gasteiger charge is -2.30. The molecule has 0 spiro atoms. The number of carbonyl (C=O) groups excluding carboxylic acids is 1. The lowest BCUT2D eigenvalue weighted by Crippen LogP contribution is -2.49. The molecule has 0 aromatic carbocycles. The molecule has 0 saturated carbocycles. The molecule has 0 aliphatic carbocycles. The summed E-state index contributed by atoms with van der Waals surface area (Å²) >= 11 is 0. The minimum atomic E-state index is -0.0650. The number of carbonyl (C=O) groups is 1. The zero-order chi connectivity index (χ0) is 9.35. The zero-order valence-corrected chi connectivity index (χ0v) is 7.72. The van der Waals surface area contributed by atoms with Gasteiger partial charge in [0.25, 0.3) is 0 Å². The molecule has 1 atom stereocenters. The number of nitrogens with zero attached hydrogens (tertiary/aromatic N) is 1.